The van der Waals surface area contributed by atoms with Crippen LogP contribution in [0.4, 0.5) is 5.69 Å². The van der Waals surface area contributed by atoms with Crippen LogP contribution in [0.1, 0.15) is 27.8 Å². The number of rotatable bonds is 4. The van der Waals surface area contributed by atoms with E-state index in [4.69, 9.17) is 4.74 Å². The van der Waals surface area contributed by atoms with E-state index in [2.05, 4.69) is 10.4 Å². The van der Waals surface area contributed by atoms with Crippen molar-refractivity contribution in [2.24, 2.45) is 7.05 Å². The van der Waals surface area contributed by atoms with Crippen molar-refractivity contribution in [2.45, 2.75) is 6.92 Å². The first kappa shape index (κ1) is 15.4. The van der Waals surface area contributed by atoms with E-state index in [0.717, 1.165) is 4.68 Å². The Labute approximate surface area is 126 Å². The molecule has 0 unspecified atom stereocenters. The van der Waals surface area contributed by atoms with Crippen LogP contribution >= 0.6 is 0 Å². The summed E-state index contributed by atoms with van der Waals surface area (Å²) in [6, 6.07) is 8.91. The molecule has 1 aromatic carbocycles. The summed E-state index contributed by atoms with van der Waals surface area (Å²) < 4.78 is 5.96. The Hall–Kier alpha value is -2.96. The number of ether oxygens (including phenoxy) is 1. The van der Waals surface area contributed by atoms with Crippen LogP contribution in [0.15, 0.2) is 41.2 Å². The number of aryl methyl sites for hydroxylation is 1. The molecule has 2 rings (SSSR count). The van der Waals surface area contributed by atoms with Gasteiger partial charge in [0.25, 0.3) is 11.5 Å². The van der Waals surface area contributed by atoms with E-state index in [0.29, 0.717) is 17.9 Å². The van der Waals surface area contributed by atoms with Gasteiger partial charge in [0.2, 0.25) is 0 Å². The Balaban J connectivity index is 2.10. The van der Waals surface area contributed by atoms with Crippen molar-refractivity contribution in [2.75, 3.05) is 11.9 Å². The van der Waals surface area contributed by atoms with E-state index in [-0.39, 0.29) is 11.3 Å². The second kappa shape index (κ2) is 6.66. The largest absolute Gasteiger partial charge is 0.462 e. The molecule has 0 bridgehead atoms. The van der Waals surface area contributed by atoms with E-state index in [1.54, 1.807) is 31.2 Å². The van der Waals surface area contributed by atoms with E-state index in [1.807, 2.05) is 0 Å². The second-order valence-electron chi connectivity index (χ2n) is 4.43. The van der Waals surface area contributed by atoms with Gasteiger partial charge in [0, 0.05) is 18.8 Å². The molecular weight excluding hydrogens is 286 g/mol. The number of aromatic nitrogens is 2. The lowest BCUT2D eigenvalue weighted by Crippen LogP contribution is -2.23. The molecule has 0 atom stereocenters. The van der Waals surface area contributed by atoms with Crippen molar-refractivity contribution in [1.82, 2.24) is 9.78 Å². The van der Waals surface area contributed by atoms with Crippen LogP contribution in [0, 0.1) is 0 Å². The number of hydrogen-bond donors (Lipinski definition) is 1. The molecule has 0 aliphatic heterocycles. The summed E-state index contributed by atoms with van der Waals surface area (Å²) in [6.45, 7) is 2.03. The highest BCUT2D eigenvalue weighted by Gasteiger charge is 2.10. The number of nitrogens with zero attached hydrogens (tertiary/aromatic N) is 2. The first-order valence-corrected chi connectivity index (χ1v) is 6.64. The van der Waals surface area contributed by atoms with Gasteiger partial charge in [-0.1, -0.05) is 0 Å². The molecule has 114 valence electrons. The molecule has 0 aliphatic carbocycles. The topological polar surface area (TPSA) is 90.3 Å². The minimum absolute atomic E-state index is 0.122. The molecule has 0 saturated carbocycles. The van der Waals surface area contributed by atoms with E-state index >= 15 is 0 Å². The van der Waals surface area contributed by atoms with Crippen molar-refractivity contribution in [3.63, 3.8) is 0 Å². The van der Waals surface area contributed by atoms with Crippen molar-refractivity contribution in [3.8, 4) is 0 Å². The fourth-order valence-electron chi connectivity index (χ4n) is 1.72. The minimum Gasteiger partial charge on any atom is -0.462 e. The molecule has 1 N–H and O–H groups in total. The van der Waals surface area contributed by atoms with Crippen LogP contribution in [0.2, 0.25) is 0 Å². The van der Waals surface area contributed by atoms with E-state index < -0.39 is 11.9 Å². The van der Waals surface area contributed by atoms with E-state index in [9.17, 15) is 14.4 Å². The normalized spacial score (nSPS) is 10.1. The average Bonchev–Trinajstić information content (AvgIpc) is 2.51. The van der Waals surface area contributed by atoms with Crippen molar-refractivity contribution in [3.05, 3.63) is 58.0 Å². The lowest BCUT2D eigenvalue weighted by atomic mass is 10.2. The van der Waals surface area contributed by atoms with Crippen LogP contribution in [-0.2, 0) is 11.8 Å². The Bertz CT molecular complexity index is 750. The number of benzene rings is 1. The third-order valence-corrected chi connectivity index (χ3v) is 2.85. The van der Waals surface area contributed by atoms with Gasteiger partial charge in [-0.2, -0.15) is 5.10 Å². The highest BCUT2D eigenvalue weighted by Crippen LogP contribution is 2.11. The van der Waals surface area contributed by atoms with Gasteiger partial charge in [-0.15, -0.1) is 0 Å². The number of amides is 1. The monoisotopic (exact) mass is 301 g/mol. The van der Waals surface area contributed by atoms with Crippen molar-refractivity contribution >= 4 is 17.6 Å². The maximum absolute atomic E-state index is 12.0. The Morgan fingerprint density at radius 2 is 1.86 bits per heavy atom. The molecule has 0 aliphatic rings. The lowest BCUT2D eigenvalue weighted by Gasteiger charge is -2.06. The smallest absolute Gasteiger partial charge is 0.338 e. The molecule has 0 radical (unpaired) electrons. The first-order chi connectivity index (χ1) is 10.5. The summed E-state index contributed by atoms with van der Waals surface area (Å²) in [5, 5.41) is 6.49. The third-order valence-electron chi connectivity index (χ3n) is 2.85. The molecule has 7 nitrogen and oxygen atoms in total. The zero-order valence-corrected chi connectivity index (χ0v) is 12.2. The summed E-state index contributed by atoms with van der Waals surface area (Å²) >= 11 is 0. The highest BCUT2D eigenvalue weighted by atomic mass is 16.5. The number of carbonyl (C=O) groups excluding carboxylic acids is 2. The number of hydrogen-bond acceptors (Lipinski definition) is 5. The Kier molecular flexibility index (Phi) is 4.67. The molecule has 1 amide bonds. The number of esters is 1. The minimum atomic E-state index is -0.445. The van der Waals surface area contributed by atoms with Gasteiger partial charge in [0.1, 0.15) is 5.69 Å². The fourth-order valence-corrected chi connectivity index (χ4v) is 1.72. The molecule has 22 heavy (non-hydrogen) atoms. The van der Waals surface area contributed by atoms with Crippen molar-refractivity contribution < 1.29 is 14.3 Å². The van der Waals surface area contributed by atoms with Crippen LogP contribution < -0.4 is 10.9 Å². The quantitative estimate of drug-likeness (QED) is 0.857. The molecular formula is C15H15N3O4. The fraction of sp³-hybridized carbons (Fsp3) is 0.200. The van der Waals surface area contributed by atoms with Crippen molar-refractivity contribution in [1.29, 1.82) is 0 Å². The van der Waals surface area contributed by atoms with Gasteiger partial charge < -0.3 is 10.1 Å². The first-order valence-electron chi connectivity index (χ1n) is 6.64. The Morgan fingerprint density at radius 1 is 1.18 bits per heavy atom. The summed E-state index contributed by atoms with van der Waals surface area (Å²) in [5.74, 6) is -0.861. The van der Waals surface area contributed by atoms with E-state index in [1.165, 1.54) is 19.2 Å². The third kappa shape index (κ3) is 3.57. The van der Waals surface area contributed by atoms with Gasteiger partial charge >= 0.3 is 5.97 Å². The number of carbonyl (C=O) groups is 2. The summed E-state index contributed by atoms with van der Waals surface area (Å²) in [4.78, 5) is 34.8. The van der Waals surface area contributed by atoms with Crippen LogP contribution in [0.25, 0.3) is 0 Å². The van der Waals surface area contributed by atoms with Gasteiger partial charge in [0.05, 0.1) is 12.2 Å². The number of anilines is 1. The molecule has 0 fully saturated rings. The number of nitrogens with one attached hydrogen (secondary N) is 1. The van der Waals surface area contributed by atoms with Gasteiger partial charge in [-0.05, 0) is 37.3 Å². The summed E-state index contributed by atoms with van der Waals surface area (Å²) in [6.07, 6.45) is 0. The molecule has 1 aromatic heterocycles. The standard InChI is InChI=1S/C15H15N3O4/c1-3-22-15(21)10-4-6-11(7-5-10)16-14(20)12-8-9-13(19)18(2)17-12/h4-9H,3H2,1-2H3,(H,16,20). The van der Waals surface area contributed by atoms with Crippen LogP contribution in [0.3, 0.4) is 0 Å². The zero-order valence-electron chi connectivity index (χ0n) is 12.2. The summed E-state index contributed by atoms with van der Waals surface area (Å²) in [7, 11) is 1.47. The Morgan fingerprint density at radius 3 is 2.45 bits per heavy atom. The second-order valence-corrected chi connectivity index (χ2v) is 4.43. The molecule has 0 saturated heterocycles. The van der Waals surface area contributed by atoms with Crippen LogP contribution in [-0.4, -0.2) is 28.3 Å². The van der Waals surface area contributed by atoms with Gasteiger partial charge in [-0.25, -0.2) is 9.48 Å². The van der Waals surface area contributed by atoms with Crippen LogP contribution in [0.5, 0.6) is 0 Å². The van der Waals surface area contributed by atoms with Gasteiger partial charge in [-0.3, -0.25) is 9.59 Å². The SMILES string of the molecule is CCOC(=O)c1ccc(NC(=O)c2ccc(=O)n(C)n2)cc1. The summed E-state index contributed by atoms with van der Waals surface area (Å²) in [5.41, 5.74) is 0.737. The molecule has 1 heterocycles. The highest BCUT2D eigenvalue weighted by molar-refractivity contribution is 6.03. The van der Waals surface area contributed by atoms with Gasteiger partial charge in [0.15, 0.2) is 0 Å². The lowest BCUT2D eigenvalue weighted by molar-refractivity contribution is 0.0526. The average molecular weight is 301 g/mol. The maximum Gasteiger partial charge on any atom is 0.338 e. The molecule has 2 aromatic rings. The maximum atomic E-state index is 12.0. The molecule has 0 spiro atoms. The predicted molar refractivity (Wildman–Crippen MR) is 79.8 cm³/mol. The predicted octanol–water partition coefficient (Wildman–Crippen LogP) is 1.21. The zero-order chi connectivity index (χ0) is 16.1. The molecule has 7 heteroatoms.